The van der Waals surface area contributed by atoms with Crippen LogP contribution in [0.3, 0.4) is 0 Å². The highest BCUT2D eigenvalue weighted by Gasteiger charge is 2.24. The molecule has 2 N–H and O–H groups in total. The van der Waals surface area contributed by atoms with E-state index in [1.807, 2.05) is 6.07 Å². The zero-order valence-electron chi connectivity index (χ0n) is 13.0. The van der Waals surface area contributed by atoms with Crippen LogP contribution >= 0.6 is 0 Å². The van der Waals surface area contributed by atoms with Crippen LogP contribution in [0.5, 0.6) is 0 Å². The molecule has 1 aliphatic carbocycles. The van der Waals surface area contributed by atoms with Crippen LogP contribution in [0, 0.1) is 5.41 Å². The number of aromatic nitrogens is 2. The first-order valence-electron chi connectivity index (χ1n) is 7.99. The summed E-state index contributed by atoms with van der Waals surface area (Å²) in [6.07, 6.45) is 8.34. The Morgan fingerprint density at radius 2 is 1.90 bits per heavy atom. The number of anilines is 1. The zero-order chi connectivity index (χ0) is 14.7. The Bertz CT molecular complexity index is 555. The van der Waals surface area contributed by atoms with Gasteiger partial charge in [-0.25, -0.2) is 0 Å². The maximum Gasteiger partial charge on any atom is 0.0650 e. The van der Waals surface area contributed by atoms with Crippen molar-refractivity contribution in [1.82, 2.24) is 10.2 Å². The Labute approximate surface area is 127 Å². The predicted octanol–water partition coefficient (Wildman–Crippen LogP) is 4.85. The van der Waals surface area contributed by atoms with Crippen LogP contribution in [0.15, 0.2) is 36.5 Å². The van der Waals surface area contributed by atoms with Crippen molar-refractivity contribution in [2.24, 2.45) is 5.41 Å². The van der Waals surface area contributed by atoms with Gasteiger partial charge in [-0.3, -0.25) is 5.10 Å². The molecule has 0 saturated heterocycles. The van der Waals surface area contributed by atoms with E-state index in [9.17, 15) is 0 Å². The van der Waals surface area contributed by atoms with Crippen LogP contribution in [-0.2, 0) is 0 Å². The average Bonchev–Trinajstić information content (AvgIpc) is 2.94. The summed E-state index contributed by atoms with van der Waals surface area (Å²) in [5, 5.41) is 10.7. The van der Waals surface area contributed by atoms with Crippen LogP contribution in [0.2, 0.25) is 0 Å². The highest BCUT2D eigenvalue weighted by Crippen LogP contribution is 2.34. The first-order valence-corrected chi connectivity index (χ1v) is 7.99. The normalized spacial score (nSPS) is 21.7. The molecule has 0 aliphatic heterocycles. The minimum absolute atomic E-state index is 0.515. The fourth-order valence-corrected chi connectivity index (χ4v) is 3.20. The average molecular weight is 283 g/mol. The topological polar surface area (TPSA) is 40.7 Å². The summed E-state index contributed by atoms with van der Waals surface area (Å²) in [5.41, 5.74) is 3.99. The first kappa shape index (κ1) is 14.2. The third-order valence-electron chi connectivity index (χ3n) is 4.64. The fourth-order valence-electron chi connectivity index (χ4n) is 3.20. The molecule has 21 heavy (non-hydrogen) atoms. The summed E-state index contributed by atoms with van der Waals surface area (Å²) in [6, 6.07) is 11.3. The Balaban J connectivity index is 1.63. The molecule has 3 nitrogen and oxygen atoms in total. The zero-order valence-corrected chi connectivity index (χ0v) is 13.0. The molecule has 3 heteroatoms. The fraction of sp³-hybridized carbons (Fsp3) is 0.500. The molecule has 0 amide bonds. The molecular weight excluding hydrogens is 258 g/mol. The Kier molecular flexibility index (Phi) is 4.00. The number of aromatic amines is 1. The number of benzene rings is 1. The number of nitrogens with zero attached hydrogens (tertiary/aromatic N) is 1. The SMILES string of the molecule is CC1(C)CCCC(Nc2ccc(-c3ccn[nH]3)cc2)CC1. The van der Waals surface area contributed by atoms with E-state index in [4.69, 9.17) is 0 Å². The quantitative estimate of drug-likeness (QED) is 0.791. The molecule has 3 rings (SSSR count). The van der Waals surface area contributed by atoms with Crippen molar-refractivity contribution in [3.05, 3.63) is 36.5 Å². The van der Waals surface area contributed by atoms with Gasteiger partial charge in [0.25, 0.3) is 0 Å². The van der Waals surface area contributed by atoms with Gasteiger partial charge in [0.15, 0.2) is 0 Å². The van der Waals surface area contributed by atoms with Gasteiger partial charge >= 0.3 is 0 Å². The molecule has 0 bridgehead atoms. The molecule has 0 spiro atoms. The van der Waals surface area contributed by atoms with E-state index in [2.05, 4.69) is 53.6 Å². The summed E-state index contributed by atoms with van der Waals surface area (Å²) in [4.78, 5) is 0. The Morgan fingerprint density at radius 1 is 1.10 bits per heavy atom. The Morgan fingerprint density at radius 3 is 2.62 bits per heavy atom. The third-order valence-corrected chi connectivity index (χ3v) is 4.64. The lowest BCUT2D eigenvalue weighted by atomic mass is 9.85. The summed E-state index contributed by atoms with van der Waals surface area (Å²) in [7, 11) is 0. The van der Waals surface area contributed by atoms with Crippen molar-refractivity contribution in [3.63, 3.8) is 0 Å². The van der Waals surface area contributed by atoms with Crippen molar-refractivity contribution >= 4 is 5.69 Å². The number of H-pyrrole nitrogens is 1. The molecule has 1 unspecified atom stereocenters. The van der Waals surface area contributed by atoms with E-state index in [0.29, 0.717) is 11.5 Å². The minimum Gasteiger partial charge on any atom is -0.382 e. The van der Waals surface area contributed by atoms with Gasteiger partial charge in [-0.05, 0) is 54.9 Å². The molecule has 1 aromatic heterocycles. The van der Waals surface area contributed by atoms with E-state index in [1.165, 1.54) is 43.4 Å². The Hall–Kier alpha value is -1.77. The third kappa shape index (κ3) is 3.66. The number of hydrogen-bond donors (Lipinski definition) is 2. The molecule has 1 heterocycles. The molecule has 1 aromatic carbocycles. The number of nitrogens with one attached hydrogen (secondary N) is 2. The van der Waals surface area contributed by atoms with Crippen LogP contribution in [0.25, 0.3) is 11.3 Å². The monoisotopic (exact) mass is 283 g/mol. The van der Waals surface area contributed by atoms with Crippen molar-refractivity contribution in [2.75, 3.05) is 5.32 Å². The standard InChI is InChI=1S/C18H25N3/c1-18(2)11-3-4-15(9-12-18)20-16-7-5-14(6-8-16)17-10-13-19-21-17/h5-8,10,13,15,20H,3-4,9,11-12H2,1-2H3,(H,19,21). The molecule has 0 radical (unpaired) electrons. The van der Waals surface area contributed by atoms with Crippen molar-refractivity contribution < 1.29 is 0 Å². The highest BCUT2D eigenvalue weighted by atomic mass is 15.1. The number of hydrogen-bond acceptors (Lipinski definition) is 2. The molecule has 1 saturated carbocycles. The second kappa shape index (κ2) is 5.92. The molecule has 1 fully saturated rings. The van der Waals surface area contributed by atoms with E-state index in [0.717, 1.165) is 5.69 Å². The van der Waals surface area contributed by atoms with Crippen molar-refractivity contribution in [1.29, 1.82) is 0 Å². The van der Waals surface area contributed by atoms with Gasteiger partial charge < -0.3 is 5.32 Å². The van der Waals surface area contributed by atoms with Gasteiger partial charge in [-0.2, -0.15) is 5.10 Å². The summed E-state index contributed by atoms with van der Waals surface area (Å²) in [5.74, 6) is 0. The van der Waals surface area contributed by atoms with E-state index >= 15 is 0 Å². The lowest BCUT2D eigenvalue weighted by Gasteiger charge is -2.22. The van der Waals surface area contributed by atoms with Crippen LogP contribution in [0.1, 0.15) is 46.0 Å². The lowest BCUT2D eigenvalue weighted by molar-refractivity contribution is 0.313. The van der Waals surface area contributed by atoms with Crippen molar-refractivity contribution in [2.45, 2.75) is 52.0 Å². The molecule has 112 valence electrons. The second-order valence-corrected chi connectivity index (χ2v) is 6.98. The van der Waals surface area contributed by atoms with Gasteiger partial charge in [0.1, 0.15) is 0 Å². The van der Waals surface area contributed by atoms with Gasteiger partial charge in [0.05, 0.1) is 5.69 Å². The largest absolute Gasteiger partial charge is 0.382 e. The second-order valence-electron chi connectivity index (χ2n) is 6.98. The van der Waals surface area contributed by atoms with E-state index < -0.39 is 0 Å². The maximum atomic E-state index is 4.00. The van der Waals surface area contributed by atoms with Crippen LogP contribution in [0.4, 0.5) is 5.69 Å². The van der Waals surface area contributed by atoms with Crippen molar-refractivity contribution in [3.8, 4) is 11.3 Å². The first-order chi connectivity index (χ1) is 10.1. The van der Waals surface area contributed by atoms with Gasteiger partial charge in [-0.1, -0.05) is 32.4 Å². The van der Waals surface area contributed by atoms with Crippen LogP contribution < -0.4 is 5.32 Å². The van der Waals surface area contributed by atoms with E-state index in [1.54, 1.807) is 6.20 Å². The van der Waals surface area contributed by atoms with Crippen LogP contribution in [-0.4, -0.2) is 16.2 Å². The summed E-state index contributed by atoms with van der Waals surface area (Å²) in [6.45, 7) is 4.79. The number of rotatable bonds is 3. The predicted molar refractivity (Wildman–Crippen MR) is 88.3 cm³/mol. The molecule has 1 aliphatic rings. The summed E-state index contributed by atoms with van der Waals surface area (Å²) < 4.78 is 0. The van der Waals surface area contributed by atoms with E-state index in [-0.39, 0.29) is 0 Å². The highest BCUT2D eigenvalue weighted by molar-refractivity contribution is 5.62. The molecular formula is C18H25N3. The lowest BCUT2D eigenvalue weighted by Crippen LogP contribution is -2.19. The minimum atomic E-state index is 0.515. The molecule has 1 atom stereocenters. The molecule has 2 aromatic rings. The smallest absolute Gasteiger partial charge is 0.0650 e. The van der Waals surface area contributed by atoms with Gasteiger partial charge in [-0.15, -0.1) is 0 Å². The summed E-state index contributed by atoms with van der Waals surface area (Å²) >= 11 is 0. The van der Waals surface area contributed by atoms with Gasteiger partial charge in [0, 0.05) is 17.9 Å². The van der Waals surface area contributed by atoms with Gasteiger partial charge in [0.2, 0.25) is 0 Å². The maximum absolute atomic E-state index is 4.00.